The van der Waals surface area contributed by atoms with Crippen LogP contribution in [0.4, 0.5) is 0 Å². The largest absolute Gasteiger partial charge is 0.348 e. The molecule has 1 aliphatic heterocycles. The van der Waals surface area contributed by atoms with Crippen molar-refractivity contribution in [3.05, 3.63) is 36.7 Å². The van der Waals surface area contributed by atoms with Gasteiger partial charge in [-0.1, -0.05) is 0 Å². The van der Waals surface area contributed by atoms with Crippen LogP contribution in [0.1, 0.15) is 23.3 Å². The molecule has 2 aromatic rings. The maximum absolute atomic E-state index is 12.2. The molecule has 1 saturated heterocycles. The summed E-state index contributed by atoms with van der Waals surface area (Å²) in [6.45, 7) is 3.94. The number of likely N-dealkylation sites (tertiary alicyclic amines) is 1. The van der Waals surface area contributed by atoms with Crippen LogP contribution in [-0.4, -0.2) is 55.8 Å². The van der Waals surface area contributed by atoms with E-state index in [1.165, 1.54) is 0 Å². The van der Waals surface area contributed by atoms with Gasteiger partial charge in [-0.2, -0.15) is 5.10 Å². The lowest BCUT2D eigenvalue weighted by Crippen LogP contribution is -2.45. The van der Waals surface area contributed by atoms with Gasteiger partial charge in [0.05, 0.1) is 19.1 Å². The molecule has 0 aliphatic carbocycles. The third-order valence-electron chi connectivity index (χ3n) is 4.18. The van der Waals surface area contributed by atoms with Crippen LogP contribution in [0.2, 0.25) is 0 Å². The quantitative estimate of drug-likeness (QED) is 0.874. The Kier molecular flexibility index (Phi) is 4.53. The van der Waals surface area contributed by atoms with Crippen LogP contribution < -0.4 is 5.32 Å². The van der Waals surface area contributed by atoms with Crippen molar-refractivity contribution in [1.82, 2.24) is 29.5 Å². The molecular formula is C15H22N6O. The molecule has 2 aromatic heterocycles. The summed E-state index contributed by atoms with van der Waals surface area (Å²) in [5, 5.41) is 7.32. The Bertz CT molecular complexity index is 597. The number of aryl methyl sites for hydroxylation is 1. The van der Waals surface area contributed by atoms with E-state index in [1.807, 2.05) is 24.0 Å². The van der Waals surface area contributed by atoms with Crippen molar-refractivity contribution >= 4 is 5.91 Å². The number of aromatic nitrogens is 4. The first-order valence-corrected chi connectivity index (χ1v) is 7.69. The van der Waals surface area contributed by atoms with E-state index in [4.69, 9.17) is 0 Å². The number of carbonyl (C=O) groups excluding carboxylic acids is 1. The van der Waals surface area contributed by atoms with Crippen LogP contribution in [0.3, 0.4) is 0 Å². The molecule has 1 N–H and O–H groups in total. The second kappa shape index (κ2) is 6.74. The van der Waals surface area contributed by atoms with Gasteiger partial charge in [0.2, 0.25) is 0 Å². The Labute approximate surface area is 129 Å². The smallest absolute Gasteiger partial charge is 0.269 e. The van der Waals surface area contributed by atoms with E-state index in [1.54, 1.807) is 23.3 Å². The predicted octanol–water partition coefficient (Wildman–Crippen LogP) is 0.511. The van der Waals surface area contributed by atoms with E-state index in [9.17, 15) is 4.79 Å². The average molecular weight is 302 g/mol. The van der Waals surface area contributed by atoms with Gasteiger partial charge in [0.1, 0.15) is 5.69 Å². The molecule has 0 aromatic carbocycles. The minimum absolute atomic E-state index is 0.0324. The Hall–Kier alpha value is -2.15. The van der Waals surface area contributed by atoms with Crippen LogP contribution >= 0.6 is 0 Å². The second-order valence-corrected chi connectivity index (χ2v) is 5.75. The number of piperidine rings is 1. The highest BCUT2D eigenvalue weighted by molar-refractivity contribution is 5.92. The summed E-state index contributed by atoms with van der Waals surface area (Å²) in [6.07, 6.45) is 9.02. The number of nitrogens with one attached hydrogen (secondary N) is 1. The lowest BCUT2D eigenvalue weighted by molar-refractivity contribution is 0.0901. The van der Waals surface area contributed by atoms with Gasteiger partial charge in [-0.15, -0.1) is 0 Å². The van der Waals surface area contributed by atoms with Crippen molar-refractivity contribution in [1.29, 1.82) is 0 Å². The summed E-state index contributed by atoms with van der Waals surface area (Å²) in [5.74, 6) is -0.0324. The summed E-state index contributed by atoms with van der Waals surface area (Å²) in [4.78, 5) is 18.6. The van der Waals surface area contributed by atoms with E-state index in [2.05, 4.69) is 20.3 Å². The fourth-order valence-electron chi connectivity index (χ4n) is 2.81. The topological polar surface area (TPSA) is 68.0 Å². The molecule has 118 valence electrons. The molecule has 0 saturated carbocycles. The van der Waals surface area contributed by atoms with Crippen molar-refractivity contribution in [2.75, 3.05) is 19.6 Å². The number of hydrogen-bond donors (Lipinski definition) is 1. The van der Waals surface area contributed by atoms with Crippen LogP contribution in [-0.2, 0) is 13.6 Å². The van der Waals surface area contributed by atoms with Gasteiger partial charge >= 0.3 is 0 Å². The summed E-state index contributed by atoms with van der Waals surface area (Å²) in [6, 6.07) is 2.20. The van der Waals surface area contributed by atoms with Crippen LogP contribution in [0.15, 0.2) is 31.0 Å². The lowest BCUT2D eigenvalue weighted by atomic mass is 10.0. The van der Waals surface area contributed by atoms with Crippen molar-refractivity contribution < 1.29 is 4.79 Å². The van der Waals surface area contributed by atoms with Crippen LogP contribution in [0.5, 0.6) is 0 Å². The highest BCUT2D eigenvalue weighted by Gasteiger charge is 2.21. The SMILES string of the molecule is Cn1cncc1C(=O)NC1CCN(CCn2cccn2)CC1. The van der Waals surface area contributed by atoms with Crippen LogP contribution in [0, 0.1) is 0 Å². The van der Waals surface area contributed by atoms with E-state index in [-0.39, 0.29) is 11.9 Å². The fraction of sp³-hybridized carbons (Fsp3) is 0.533. The van der Waals surface area contributed by atoms with Crippen molar-refractivity contribution in [2.24, 2.45) is 7.05 Å². The Morgan fingerprint density at radius 1 is 1.36 bits per heavy atom. The number of rotatable bonds is 5. The Balaban J connectivity index is 1.42. The van der Waals surface area contributed by atoms with Crippen molar-refractivity contribution in [3.8, 4) is 0 Å². The minimum atomic E-state index is -0.0324. The third-order valence-corrected chi connectivity index (χ3v) is 4.18. The number of hydrogen-bond acceptors (Lipinski definition) is 4. The Morgan fingerprint density at radius 2 is 2.18 bits per heavy atom. The fourth-order valence-corrected chi connectivity index (χ4v) is 2.81. The van der Waals surface area contributed by atoms with Crippen molar-refractivity contribution in [2.45, 2.75) is 25.4 Å². The second-order valence-electron chi connectivity index (χ2n) is 5.75. The molecule has 1 fully saturated rings. The molecule has 22 heavy (non-hydrogen) atoms. The number of nitrogens with zero attached hydrogens (tertiary/aromatic N) is 5. The monoisotopic (exact) mass is 302 g/mol. The zero-order valence-corrected chi connectivity index (χ0v) is 12.9. The molecule has 3 heterocycles. The molecule has 1 aliphatic rings. The molecule has 3 rings (SSSR count). The maximum Gasteiger partial charge on any atom is 0.269 e. The van der Waals surface area contributed by atoms with Gasteiger partial charge in [0.25, 0.3) is 5.91 Å². The average Bonchev–Trinajstić information content (AvgIpc) is 3.18. The number of imidazole rings is 1. The molecule has 0 radical (unpaired) electrons. The van der Waals surface area contributed by atoms with E-state index >= 15 is 0 Å². The molecule has 0 bridgehead atoms. The molecule has 0 spiro atoms. The molecule has 0 atom stereocenters. The van der Waals surface area contributed by atoms with Gasteiger partial charge in [0, 0.05) is 45.1 Å². The molecule has 1 amide bonds. The highest BCUT2D eigenvalue weighted by Crippen LogP contribution is 2.11. The zero-order chi connectivity index (χ0) is 15.4. The molecular weight excluding hydrogens is 280 g/mol. The molecule has 7 nitrogen and oxygen atoms in total. The maximum atomic E-state index is 12.2. The summed E-state index contributed by atoms with van der Waals surface area (Å²) >= 11 is 0. The summed E-state index contributed by atoms with van der Waals surface area (Å²) in [5.41, 5.74) is 0.612. The van der Waals surface area contributed by atoms with Gasteiger partial charge in [-0.05, 0) is 18.9 Å². The first-order chi connectivity index (χ1) is 10.7. The summed E-state index contributed by atoms with van der Waals surface area (Å²) in [7, 11) is 1.83. The van der Waals surface area contributed by atoms with Gasteiger partial charge in [-0.25, -0.2) is 4.98 Å². The van der Waals surface area contributed by atoms with Crippen LogP contribution in [0.25, 0.3) is 0 Å². The molecule has 0 unspecified atom stereocenters. The number of amides is 1. The van der Waals surface area contributed by atoms with Gasteiger partial charge < -0.3 is 14.8 Å². The van der Waals surface area contributed by atoms with Crippen molar-refractivity contribution in [3.63, 3.8) is 0 Å². The van der Waals surface area contributed by atoms with Gasteiger partial charge in [-0.3, -0.25) is 9.48 Å². The normalized spacial score (nSPS) is 16.8. The van der Waals surface area contributed by atoms with E-state index in [0.717, 1.165) is 39.0 Å². The number of carbonyl (C=O) groups is 1. The predicted molar refractivity (Wildman–Crippen MR) is 82.4 cm³/mol. The van der Waals surface area contributed by atoms with Gasteiger partial charge in [0.15, 0.2) is 0 Å². The van der Waals surface area contributed by atoms with E-state index < -0.39 is 0 Å². The summed E-state index contributed by atoms with van der Waals surface area (Å²) < 4.78 is 3.70. The first-order valence-electron chi connectivity index (χ1n) is 7.69. The first kappa shape index (κ1) is 14.8. The lowest BCUT2D eigenvalue weighted by Gasteiger charge is -2.32. The highest BCUT2D eigenvalue weighted by atomic mass is 16.2. The third kappa shape index (κ3) is 3.54. The Morgan fingerprint density at radius 3 is 2.82 bits per heavy atom. The standard InChI is InChI=1S/C15H22N6O/c1-19-12-16-11-14(19)15(22)18-13-3-7-20(8-4-13)9-10-21-6-2-5-17-21/h2,5-6,11-13H,3-4,7-10H2,1H3,(H,18,22). The minimum Gasteiger partial charge on any atom is -0.348 e. The zero-order valence-electron chi connectivity index (χ0n) is 12.9. The van der Waals surface area contributed by atoms with E-state index in [0.29, 0.717) is 5.69 Å². The molecule has 7 heteroatoms.